The second-order valence-corrected chi connectivity index (χ2v) is 17.2. The van der Waals surface area contributed by atoms with E-state index >= 15 is 0 Å². The molecule has 0 spiro atoms. The second-order valence-electron chi connectivity index (χ2n) is 17.2. The Hall–Kier alpha value is -1.59. The number of hydrogen-bond donors (Lipinski definition) is 0. The van der Waals surface area contributed by atoms with E-state index in [1.165, 1.54) is 167 Å². The quantitative estimate of drug-likeness (QED) is 0.0348. The number of carbonyl (C=O) groups is 3. The summed E-state index contributed by atoms with van der Waals surface area (Å²) in [4.78, 5) is 37.7. The van der Waals surface area contributed by atoms with Gasteiger partial charge in [0.2, 0.25) is 0 Å². The topological polar surface area (TPSA) is 78.9 Å². The molecule has 0 N–H and O–H groups in total. The Morgan fingerprint density at radius 2 is 0.600 bits per heavy atom. The van der Waals surface area contributed by atoms with Crippen molar-refractivity contribution in [2.45, 2.75) is 278 Å². The molecule has 6 nitrogen and oxygen atoms in total. The summed E-state index contributed by atoms with van der Waals surface area (Å²) in [5.74, 6) is -0.0491. The lowest BCUT2D eigenvalue weighted by Gasteiger charge is -2.18. The van der Waals surface area contributed by atoms with Crippen molar-refractivity contribution in [3.8, 4) is 0 Å². The number of carbonyl (C=O) groups excluding carboxylic acids is 3. The molecule has 0 aliphatic heterocycles. The van der Waals surface area contributed by atoms with Gasteiger partial charge < -0.3 is 14.2 Å². The Bertz CT molecular complexity index is 826. The minimum atomic E-state index is -0.759. The molecule has 0 heterocycles. The van der Waals surface area contributed by atoms with Gasteiger partial charge in [0.05, 0.1) is 0 Å². The molecule has 0 bridgehead atoms. The van der Waals surface area contributed by atoms with Gasteiger partial charge in [-0.2, -0.15) is 0 Å². The Kier molecular flexibility index (Phi) is 42.3. The van der Waals surface area contributed by atoms with E-state index in [0.29, 0.717) is 19.3 Å². The molecule has 0 saturated heterocycles. The zero-order chi connectivity index (χ0) is 40.3. The van der Waals surface area contributed by atoms with Gasteiger partial charge in [-0.3, -0.25) is 14.4 Å². The Morgan fingerprint density at radius 3 is 0.891 bits per heavy atom. The predicted molar refractivity (Wildman–Crippen MR) is 233 cm³/mol. The SMILES string of the molecule is CCCCCCCCCCCCCCCCCCCCC(=O)OC[C@H](COC(=O)CCCCCCCCCCCC(C)C)OC(=O)CCCCCCCCC. The zero-order valence-corrected chi connectivity index (χ0v) is 37.4. The molecule has 0 amide bonds. The third-order valence-electron chi connectivity index (χ3n) is 11.0. The lowest BCUT2D eigenvalue weighted by molar-refractivity contribution is -0.167. The number of unbranched alkanes of at least 4 members (excludes halogenated alkanes) is 31. The maximum absolute atomic E-state index is 12.6. The van der Waals surface area contributed by atoms with Crippen molar-refractivity contribution in [1.29, 1.82) is 0 Å². The molecular weight excluding hydrogens is 685 g/mol. The Balaban J connectivity index is 4.16. The van der Waals surface area contributed by atoms with Gasteiger partial charge in [-0.15, -0.1) is 0 Å². The van der Waals surface area contributed by atoms with Crippen molar-refractivity contribution >= 4 is 17.9 Å². The van der Waals surface area contributed by atoms with Crippen LogP contribution >= 0.6 is 0 Å². The summed E-state index contributed by atoms with van der Waals surface area (Å²) >= 11 is 0. The van der Waals surface area contributed by atoms with Crippen molar-refractivity contribution in [2.75, 3.05) is 13.2 Å². The Labute approximate surface area is 342 Å². The summed E-state index contributed by atoms with van der Waals surface area (Å²) in [7, 11) is 0. The highest BCUT2D eigenvalue weighted by Crippen LogP contribution is 2.17. The van der Waals surface area contributed by atoms with Gasteiger partial charge >= 0.3 is 17.9 Å². The fourth-order valence-corrected chi connectivity index (χ4v) is 7.33. The number of esters is 3. The van der Waals surface area contributed by atoms with Crippen LogP contribution in [0.3, 0.4) is 0 Å². The van der Waals surface area contributed by atoms with Crippen LogP contribution in [0.1, 0.15) is 272 Å². The van der Waals surface area contributed by atoms with Gasteiger partial charge in [-0.25, -0.2) is 0 Å². The first kappa shape index (κ1) is 53.4. The van der Waals surface area contributed by atoms with Crippen LogP contribution in [-0.2, 0) is 28.6 Å². The standard InChI is InChI=1S/C49H94O6/c1-5-7-9-11-13-14-15-16-17-18-19-20-21-22-25-29-32-36-40-47(50)53-43-46(55-49(52)42-38-34-27-12-10-8-6-2)44-54-48(51)41-37-33-30-26-23-24-28-31-35-39-45(3)4/h45-46H,5-44H2,1-4H3/t46-/m1/s1. The molecule has 0 saturated carbocycles. The van der Waals surface area contributed by atoms with Crippen LogP contribution in [0, 0.1) is 5.92 Å². The molecule has 0 radical (unpaired) electrons. The third-order valence-corrected chi connectivity index (χ3v) is 11.0. The molecule has 0 aliphatic carbocycles. The lowest BCUT2D eigenvalue weighted by atomic mass is 10.0. The molecule has 0 aromatic rings. The van der Waals surface area contributed by atoms with Gasteiger partial charge in [-0.05, 0) is 25.2 Å². The average molecular weight is 779 g/mol. The largest absolute Gasteiger partial charge is 0.462 e. The van der Waals surface area contributed by atoms with Gasteiger partial charge in [0.15, 0.2) is 6.10 Å². The normalized spacial score (nSPS) is 11.9. The van der Waals surface area contributed by atoms with Crippen LogP contribution in [-0.4, -0.2) is 37.2 Å². The van der Waals surface area contributed by atoms with E-state index in [4.69, 9.17) is 14.2 Å². The van der Waals surface area contributed by atoms with Crippen LogP contribution in [0.2, 0.25) is 0 Å². The first-order valence-corrected chi connectivity index (χ1v) is 24.4. The average Bonchev–Trinajstić information content (AvgIpc) is 3.17. The maximum atomic E-state index is 12.6. The molecule has 0 unspecified atom stereocenters. The molecule has 0 aromatic heterocycles. The smallest absolute Gasteiger partial charge is 0.306 e. The van der Waals surface area contributed by atoms with Crippen LogP contribution in [0.25, 0.3) is 0 Å². The second kappa shape index (κ2) is 43.5. The van der Waals surface area contributed by atoms with Crippen molar-refractivity contribution in [1.82, 2.24) is 0 Å². The summed E-state index contributed by atoms with van der Waals surface area (Å²) in [6, 6.07) is 0. The lowest BCUT2D eigenvalue weighted by Crippen LogP contribution is -2.30. The first-order chi connectivity index (χ1) is 26.9. The molecule has 1 atom stereocenters. The molecular formula is C49H94O6. The molecule has 55 heavy (non-hydrogen) atoms. The number of rotatable bonds is 44. The van der Waals surface area contributed by atoms with E-state index in [9.17, 15) is 14.4 Å². The van der Waals surface area contributed by atoms with Crippen LogP contribution in [0.4, 0.5) is 0 Å². The van der Waals surface area contributed by atoms with Crippen LogP contribution < -0.4 is 0 Å². The van der Waals surface area contributed by atoms with Gasteiger partial charge in [0.25, 0.3) is 0 Å². The molecule has 0 aromatic carbocycles. The zero-order valence-electron chi connectivity index (χ0n) is 37.4. The highest BCUT2D eigenvalue weighted by atomic mass is 16.6. The van der Waals surface area contributed by atoms with E-state index in [1.807, 2.05) is 0 Å². The Morgan fingerprint density at radius 1 is 0.345 bits per heavy atom. The summed E-state index contributed by atoms with van der Waals surface area (Å²) in [6.07, 6.45) is 43.9. The fraction of sp³-hybridized carbons (Fsp3) is 0.939. The summed E-state index contributed by atoms with van der Waals surface area (Å²) in [6.45, 7) is 8.95. The van der Waals surface area contributed by atoms with E-state index < -0.39 is 6.10 Å². The van der Waals surface area contributed by atoms with Crippen molar-refractivity contribution in [2.24, 2.45) is 5.92 Å². The van der Waals surface area contributed by atoms with Crippen molar-refractivity contribution in [3.05, 3.63) is 0 Å². The van der Waals surface area contributed by atoms with E-state index in [0.717, 1.165) is 63.7 Å². The number of hydrogen-bond acceptors (Lipinski definition) is 6. The third kappa shape index (κ3) is 43.4. The minimum absolute atomic E-state index is 0.0641. The van der Waals surface area contributed by atoms with Crippen molar-refractivity contribution < 1.29 is 28.6 Å². The van der Waals surface area contributed by atoms with E-state index in [1.54, 1.807) is 0 Å². The van der Waals surface area contributed by atoms with Crippen LogP contribution in [0.5, 0.6) is 0 Å². The summed E-state index contributed by atoms with van der Waals surface area (Å²) in [5, 5.41) is 0. The highest BCUT2D eigenvalue weighted by molar-refractivity contribution is 5.71. The van der Waals surface area contributed by atoms with E-state index in [-0.39, 0.29) is 31.1 Å². The molecule has 326 valence electrons. The molecule has 0 fully saturated rings. The minimum Gasteiger partial charge on any atom is -0.462 e. The maximum Gasteiger partial charge on any atom is 0.306 e. The molecule has 6 heteroatoms. The predicted octanol–water partition coefficient (Wildman–Crippen LogP) is 15.5. The fourth-order valence-electron chi connectivity index (χ4n) is 7.33. The van der Waals surface area contributed by atoms with Crippen LogP contribution in [0.15, 0.2) is 0 Å². The summed E-state index contributed by atoms with van der Waals surface area (Å²) < 4.78 is 16.7. The highest BCUT2D eigenvalue weighted by Gasteiger charge is 2.19. The molecule has 0 rings (SSSR count). The first-order valence-electron chi connectivity index (χ1n) is 24.4. The van der Waals surface area contributed by atoms with Gasteiger partial charge in [-0.1, -0.05) is 233 Å². The van der Waals surface area contributed by atoms with Gasteiger partial charge in [0, 0.05) is 19.3 Å². The molecule has 0 aliphatic rings. The van der Waals surface area contributed by atoms with Crippen molar-refractivity contribution in [3.63, 3.8) is 0 Å². The number of ether oxygens (including phenoxy) is 3. The monoisotopic (exact) mass is 779 g/mol. The van der Waals surface area contributed by atoms with Gasteiger partial charge in [0.1, 0.15) is 13.2 Å². The van der Waals surface area contributed by atoms with E-state index in [2.05, 4.69) is 27.7 Å². The summed E-state index contributed by atoms with van der Waals surface area (Å²) in [5.41, 5.74) is 0.